The Bertz CT molecular complexity index is 679. The molecule has 92 valence electrons. The van der Waals surface area contributed by atoms with Crippen molar-refractivity contribution < 1.29 is 4.92 Å². The molecule has 5 nitrogen and oxygen atoms in total. The molecule has 0 N–H and O–H groups in total. The summed E-state index contributed by atoms with van der Waals surface area (Å²) in [5.74, 6) is 0. The third-order valence-electron chi connectivity index (χ3n) is 2.44. The van der Waals surface area contributed by atoms with E-state index in [1.165, 1.54) is 16.8 Å². The highest BCUT2D eigenvalue weighted by Crippen LogP contribution is 2.17. The minimum atomic E-state index is -0.681. The van der Waals surface area contributed by atoms with Gasteiger partial charge in [-0.05, 0) is 40.5 Å². The first-order valence-corrected chi connectivity index (χ1v) is 5.92. The van der Waals surface area contributed by atoms with Gasteiger partial charge in [-0.1, -0.05) is 12.1 Å². The molecule has 0 radical (unpaired) electrons. The summed E-state index contributed by atoms with van der Waals surface area (Å²) in [5.41, 5.74) is 0.478. The second-order valence-corrected chi connectivity index (χ2v) is 4.73. The Hall–Kier alpha value is -1.95. The lowest BCUT2D eigenvalue weighted by Gasteiger charge is -2.06. The van der Waals surface area contributed by atoms with Gasteiger partial charge in [0.25, 0.3) is 0 Å². The molecule has 2 aromatic rings. The first-order valence-electron chi connectivity index (χ1n) is 5.12. The Labute approximate surface area is 111 Å². The lowest BCUT2D eigenvalue weighted by molar-refractivity contribution is -0.386. The van der Waals surface area contributed by atoms with Crippen molar-refractivity contribution in [1.29, 1.82) is 0 Å². The summed E-state index contributed by atoms with van der Waals surface area (Å²) >= 11 is 3.17. The van der Waals surface area contributed by atoms with Crippen molar-refractivity contribution in [2.75, 3.05) is 0 Å². The highest BCUT2D eigenvalue weighted by Gasteiger charge is 2.16. The molecule has 0 saturated carbocycles. The third-order valence-corrected chi connectivity index (χ3v) is 2.88. The SMILES string of the molecule is Cc1cccc(-n2cc(Br)cc([N+](=O)[O-])c2=O)c1. The van der Waals surface area contributed by atoms with Crippen LogP contribution in [0.4, 0.5) is 5.69 Å². The van der Waals surface area contributed by atoms with Crippen LogP contribution in [0, 0.1) is 17.0 Å². The van der Waals surface area contributed by atoms with Gasteiger partial charge in [0.1, 0.15) is 0 Å². The molecule has 0 aliphatic heterocycles. The zero-order valence-corrected chi connectivity index (χ0v) is 11.0. The molecule has 0 atom stereocenters. The number of aromatic nitrogens is 1. The van der Waals surface area contributed by atoms with E-state index < -0.39 is 16.2 Å². The molecule has 0 spiro atoms. The lowest BCUT2D eigenvalue weighted by Crippen LogP contribution is -2.20. The molecule has 2 rings (SSSR count). The minimum Gasteiger partial charge on any atom is -0.277 e. The quantitative estimate of drug-likeness (QED) is 0.633. The summed E-state index contributed by atoms with van der Waals surface area (Å²) in [5, 5.41) is 10.8. The molecular formula is C12H9BrN2O3. The minimum absolute atomic E-state index is 0.453. The Morgan fingerprint density at radius 3 is 2.67 bits per heavy atom. The van der Waals surface area contributed by atoms with E-state index >= 15 is 0 Å². The van der Waals surface area contributed by atoms with Crippen LogP contribution < -0.4 is 5.56 Å². The van der Waals surface area contributed by atoms with Crippen molar-refractivity contribution in [3.05, 3.63) is 67.0 Å². The van der Waals surface area contributed by atoms with Gasteiger partial charge in [-0.15, -0.1) is 0 Å². The number of rotatable bonds is 2. The van der Waals surface area contributed by atoms with Gasteiger partial charge in [-0.25, -0.2) is 0 Å². The zero-order valence-electron chi connectivity index (χ0n) is 9.46. The first kappa shape index (κ1) is 12.5. The fraction of sp³-hybridized carbons (Fsp3) is 0.0833. The van der Waals surface area contributed by atoms with Crippen molar-refractivity contribution in [3.63, 3.8) is 0 Å². The van der Waals surface area contributed by atoms with Crippen molar-refractivity contribution in [3.8, 4) is 5.69 Å². The molecule has 18 heavy (non-hydrogen) atoms. The van der Waals surface area contributed by atoms with Crippen molar-refractivity contribution in [2.45, 2.75) is 6.92 Å². The standard InChI is InChI=1S/C12H9BrN2O3/c1-8-3-2-4-10(5-8)14-7-9(13)6-11(12(14)16)15(17)18/h2-7H,1H3. The van der Waals surface area contributed by atoms with Gasteiger partial charge in [0.15, 0.2) is 0 Å². The molecule has 0 aliphatic rings. The number of halogens is 1. The zero-order chi connectivity index (χ0) is 13.3. The number of aryl methyl sites for hydroxylation is 1. The number of hydrogen-bond acceptors (Lipinski definition) is 3. The summed E-state index contributed by atoms with van der Waals surface area (Å²) in [6.45, 7) is 1.89. The smallest absolute Gasteiger partial charge is 0.277 e. The second-order valence-electron chi connectivity index (χ2n) is 3.81. The van der Waals surface area contributed by atoms with E-state index in [0.717, 1.165) is 5.56 Å². The second kappa shape index (κ2) is 4.73. The lowest BCUT2D eigenvalue weighted by atomic mass is 10.2. The van der Waals surface area contributed by atoms with Gasteiger partial charge in [-0.3, -0.25) is 19.5 Å². The fourth-order valence-electron chi connectivity index (χ4n) is 1.64. The predicted octanol–water partition coefficient (Wildman–Crippen LogP) is 2.82. The maximum absolute atomic E-state index is 12.0. The fourth-order valence-corrected chi connectivity index (χ4v) is 2.06. The highest BCUT2D eigenvalue weighted by atomic mass is 79.9. The van der Waals surface area contributed by atoms with Crippen LogP contribution in [0.15, 0.2) is 45.8 Å². The Balaban J connectivity index is 2.72. The monoisotopic (exact) mass is 308 g/mol. The molecule has 1 aromatic carbocycles. The number of pyridine rings is 1. The average molecular weight is 309 g/mol. The molecule has 0 fully saturated rings. The molecule has 0 saturated heterocycles. The van der Waals surface area contributed by atoms with E-state index in [2.05, 4.69) is 15.9 Å². The van der Waals surface area contributed by atoms with Crippen LogP contribution in [0.2, 0.25) is 0 Å². The Morgan fingerprint density at radius 1 is 1.33 bits per heavy atom. The van der Waals surface area contributed by atoms with Crippen molar-refractivity contribution >= 4 is 21.6 Å². The van der Waals surface area contributed by atoms with Crippen LogP contribution in [0.1, 0.15) is 5.56 Å². The number of hydrogen-bond donors (Lipinski definition) is 0. The van der Waals surface area contributed by atoms with E-state index in [9.17, 15) is 14.9 Å². The van der Waals surface area contributed by atoms with Crippen molar-refractivity contribution in [1.82, 2.24) is 4.57 Å². The van der Waals surface area contributed by atoms with E-state index in [-0.39, 0.29) is 0 Å². The van der Waals surface area contributed by atoms with E-state index in [0.29, 0.717) is 10.2 Å². The normalized spacial score (nSPS) is 10.3. The Kier molecular flexibility index (Phi) is 3.29. The summed E-state index contributed by atoms with van der Waals surface area (Å²) in [4.78, 5) is 22.1. The van der Waals surface area contributed by atoms with Crippen LogP contribution in [-0.2, 0) is 0 Å². The molecule has 1 heterocycles. The largest absolute Gasteiger partial charge is 0.335 e. The van der Waals surface area contributed by atoms with Crippen molar-refractivity contribution in [2.24, 2.45) is 0 Å². The first-order chi connectivity index (χ1) is 8.49. The maximum atomic E-state index is 12.0. The molecule has 6 heteroatoms. The van der Waals surface area contributed by atoms with E-state index in [1.807, 2.05) is 13.0 Å². The predicted molar refractivity (Wildman–Crippen MR) is 71.1 cm³/mol. The van der Waals surface area contributed by atoms with Gasteiger partial charge in [0, 0.05) is 22.4 Å². The van der Waals surface area contributed by atoms with Crippen LogP contribution in [-0.4, -0.2) is 9.49 Å². The number of nitro groups is 1. The summed E-state index contributed by atoms with van der Waals surface area (Å²) in [7, 11) is 0. The summed E-state index contributed by atoms with van der Waals surface area (Å²) in [6, 6.07) is 8.40. The molecule has 0 aliphatic carbocycles. The summed E-state index contributed by atoms with van der Waals surface area (Å²) < 4.78 is 1.74. The van der Waals surface area contributed by atoms with Gasteiger partial charge in [0.05, 0.1) is 4.92 Å². The summed E-state index contributed by atoms with van der Waals surface area (Å²) in [6.07, 6.45) is 1.52. The van der Waals surface area contributed by atoms with E-state index in [4.69, 9.17) is 0 Å². The van der Waals surface area contributed by atoms with Gasteiger partial charge in [0.2, 0.25) is 0 Å². The maximum Gasteiger partial charge on any atom is 0.335 e. The Morgan fingerprint density at radius 2 is 2.06 bits per heavy atom. The van der Waals surface area contributed by atoms with Crippen LogP contribution in [0.25, 0.3) is 5.69 Å². The average Bonchev–Trinajstić information content (AvgIpc) is 2.31. The number of nitrogens with zero attached hydrogens (tertiary/aromatic N) is 2. The number of benzene rings is 1. The topological polar surface area (TPSA) is 65.1 Å². The third kappa shape index (κ3) is 2.33. The highest BCUT2D eigenvalue weighted by molar-refractivity contribution is 9.10. The van der Waals surface area contributed by atoms with Crippen LogP contribution in [0.3, 0.4) is 0 Å². The molecular weight excluding hydrogens is 300 g/mol. The van der Waals surface area contributed by atoms with Gasteiger partial charge in [-0.2, -0.15) is 0 Å². The molecule has 1 aromatic heterocycles. The van der Waals surface area contributed by atoms with E-state index in [1.54, 1.807) is 18.2 Å². The van der Waals surface area contributed by atoms with Crippen LogP contribution in [0.5, 0.6) is 0 Å². The van der Waals surface area contributed by atoms with Gasteiger partial charge < -0.3 is 0 Å². The molecule has 0 bridgehead atoms. The van der Waals surface area contributed by atoms with Gasteiger partial charge >= 0.3 is 11.2 Å². The van der Waals surface area contributed by atoms with Crippen LogP contribution >= 0.6 is 15.9 Å². The molecule has 0 unspecified atom stereocenters. The molecule has 0 amide bonds.